The molecule has 1 aliphatic carbocycles. The molecule has 1 saturated heterocycles. The zero-order valence-electron chi connectivity index (χ0n) is 9.43. The molecule has 1 aliphatic heterocycles. The number of fused-ring (bicyclic) bond motifs is 1. The Morgan fingerprint density at radius 1 is 1.50 bits per heavy atom. The van der Waals surface area contributed by atoms with Crippen LogP contribution in [0.5, 0.6) is 0 Å². The molecule has 2 aliphatic rings. The summed E-state index contributed by atoms with van der Waals surface area (Å²) >= 11 is 0. The largest absolute Gasteiger partial charge is 0.385 e. The summed E-state index contributed by atoms with van der Waals surface area (Å²) < 4.78 is 0. The van der Waals surface area contributed by atoms with E-state index in [-0.39, 0.29) is 5.41 Å². The fraction of sp³-hybridized carbons (Fsp3) is 0.833. The molecule has 14 heavy (non-hydrogen) atoms. The van der Waals surface area contributed by atoms with Crippen molar-refractivity contribution < 1.29 is 5.11 Å². The third-order valence-corrected chi connectivity index (χ3v) is 4.41. The van der Waals surface area contributed by atoms with Crippen LogP contribution in [0.1, 0.15) is 33.6 Å². The van der Waals surface area contributed by atoms with Crippen molar-refractivity contribution in [1.29, 1.82) is 0 Å². The van der Waals surface area contributed by atoms with Gasteiger partial charge in [0.1, 0.15) is 0 Å². The zero-order chi connectivity index (χ0) is 10.6. The molecule has 2 heteroatoms. The van der Waals surface area contributed by atoms with Gasteiger partial charge in [0.25, 0.3) is 0 Å². The first kappa shape index (κ1) is 10.2. The number of piperidine rings is 1. The summed E-state index contributed by atoms with van der Waals surface area (Å²) in [5.74, 6) is 0.378. The summed E-state index contributed by atoms with van der Waals surface area (Å²) in [6, 6.07) is 0.470. The van der Waals surface area contributed by atoms with Gasteiger partial charge < -0.3 is 10.4 Å². The van der Waals surface area contributed by atoms with Gasteiger partial charge >= 0.3 is 0 Å². The van der Waals surface area contributed by atoms with Crippen LogP contribution in [0.15, 0.2) is 12.2 Å². The molecule has 0 spiro atoms. The van der Waals surface area contributed by atoms with E-state index in [1.807, 2.05) is 6.92 Å². The minimum absolute atomic E-state index is 0.0656. The molecule has 0 aromatic heterocycles. The first-order chi connectivity index (χ1) is 6.42. The predicted molar refractivity (Wildman–Crippen MR) is 58.1 cm³/mol. The average Bonchev–Trinajstić information content (AvgIpc) is 2.16. The Hall–Kier alpha value is -0.340. The highest BCUT2D eigenvalue weighted by atomic mass is 16.3. The molecule has 2 fully saturated rings. The van der Waals surface area contributed by atoms with Crippen LogP contribution >= 0.6 is 0 Å². The monoisotopic (exact) mass is 195 g/mol. The maximum absolute atomic E-state index is 10.7. The summed E-state index contributed by atoms with van der Waals surface area (Å²) in [7, 11) is 0. The second-order valence-corrected chi connectivity index (χ2v) is 5.45. The van der Waals surface area contributed by atoms with E-state index in [1.165, 1.54) is 6.42 Å². The molecular formula is C12H21NO. The molecule has 3 atom stereocenters. The SMILES string of the molecule is C=C(C)C1(O)C2CCCNC2C1(C)C. The van der Waals surface area contributed by atoms with Crippen LogP contribution < -0.4 is 5.32 Å². The normalized spacial score (nSPS) is 45.1. The Bertz CT molecular complexity index is 271. The Kier molecular flexibility index (Phi) is 2.06. The summed E-state index contributed by atoms with van der Waals surface area (Å²) in [6.45, 7) is 11.3. The standard InChI is InChI=1S/C12H21NO/c1-8(2)12(14)9-6-5-7-13-10(9)11(12,3)4/h9-10,13-14H,1,5-7H2,2-4H3. The van der Waals surface area contributed by atoms with E-state index in [1.54, 1.807) is 0 Å². The van der Waals surface area contributed by atoms with Gasteiger partial charge in [-0.3, -0.25) is 0 Å². The van der Waals surface area contributed by atoms with Gasteiger partial charge in [0.15, 0.2) is 0 Å². The molecule has 0 aromatic carbocycles. The molecule has 0 aromatic rings. The van der Waals surface area contributed by atoms with Crippen molar-refractivity contribution in [2.45, 2.75) is 45.3 Å². The van der Waals surface area contributed by atoms with Crippen molar-refractivity contribution in [1.82, 2.24) is 5.32 Å². The second kappa shape index (κ2) is 2.83. The van der Waals surface area contributed by atoms with Crippen LogP contribution in [0, 0.1) is 11.3 Å². The van der Waals surface area contributed by atoms with Crippen molar-refractivity contribution in [2.75, 3.05) is 6.54 Å². The van der Waals surface area contributed by atoms with E-state index in [2.05, 4.69) is 25.7 Å². The highest BCUT2D eigenvalue weighted by molar-refractivity contribution is 5.31. The maximum atomic E-state index is 10.7. The molecule has 2 N–H and O–H groups in total. The van der Waals surface area contributed by atoms with E-state index in [9.17, 15) is 5.11 Å². The van der Waals surface area contributed by atoms with Gasteiger partial charge in [-0.05, 0) is 31.9 Å². The number of rotatable bonds is 1. The first-order valence-electron chi connectivity index (χ1n) is 5.54. The molecule has 80 valence electrons. The lowest BCUT2D eigenvalue weighted by Gasteiger charge is -2.66. The smallest absolute Gasteiger partial charge is 0.0960 e. The fourth-order valence-electron chi connectivity index (χ4n) is 3.58. The van der Waals surface area contributed by atoms with Crippen LogP contribution in [0.4, 0.5) is 0 Å². The average molecular weight is 195 g/mol. The summed E-state index contributed by atoms with van der Waals surface area (Å²) in [5, 5.41) is 14.2. The van der Waals surface area contributed by atoms with Gasteiger partial charge in [0, 0.05) is 17.4 Å². The molecule has 2 nitrogen and oxygen atoms in total. The summed E-state index contributed by atoms with van der Waals surface area (Å²) in [6.07, 6.45) is 2.30. The van der Waals surface area contributed by atoms with Crippen molar-refractivity contribution in [2.24, 2.45) is 11.3 Å². The van der Waals surface area contributed by atoms with Crippen LogP contribution in [0.3, 0.4) is 0 Å². The lowest BCUT2D eigenvalue weighted by Crippen LogP contribution is -2.77. The molecular weight excluding hydrogens is 174 g/mol. The van der Waals surface area contributed by atoms with E-state index in [0.29, 0.717) is 12.0 Å². The van der Waals surface area contributed by atoms with Gasteiger partial charge in [-0.15, -0.1) is 0 Å². The zero-order valence-corrected chi connectivity index (χ0v) is 9.43. The van der Waals surface area contributed by atoms with Gasteiger partial charge in [-0.2, -0.15) is 0 Å². The lowest BCUT2D eigenvalue weighted by atomic mass is 9.45. The molecule has 1 heterocycles. The van der Waals surface area contributed by atoms with E-state index in [4.69, 9.17) is 0 Å². The summed E-state index contributed by atoms with van der Waals surface area (Å²) in [4.78, 5) is 0. The third-order valence-electron chi connectivity index (χ3n) is 4.41. The predicted octanol–water partition coefficient (Wildman–Crippen LogP) is 1.70. The van der Waals surface area contributed by atoms with E-state index < -0.39 is 5.60 Å². The first-order valence-corrected chi connectivity index (χ1v) is 5.54. The molecule has 2 rings (SSSR count). The Morgan fingerprint density at radius 2 is 2.14 bits per heavy atom. The molecule has 0 radical (unpaired) electrons. The van der Waals surface area contributed by atoms with Crippen LogP contribution in [0.2, 0.25) is 0 Å². The van der Waals surface area contributed by atoms with Crippen LogP contribution in [0.25, 0.3) is 0 Å². The third kappa shape index (κ3) is 0.934. The van der Waals surface area contributed by atoms with Gasteiger partial charge in [-0.1, -0.05) is 20.4 Å². The van der Waals surface area contributed by atoms with Crippen molar-refractivity contribution in [3.8, 4) is 0 Å². The van der Waals surface area contributed by atoms with Crippen molar-refractivity contribution >= 4 is 0 Å². The van der Waals surface area contributed by atoms with Gasteiger partial charge in [0.05, 0.1) is 5.60 Å². The number of hydrogen-bond donors (Lipinski definition) is 2. The number of nitrogens with one attached hydrogen (secondary N) is 1. The molecule has 3 unspecified atom stereocenters. The molecule has 0 bridgehead atoms. The highest BCUT2D eigenvalue weighted by Gasteiger charge is 2.66. The van der Waals surface area contributed by atoms with Crippen LogP contribution in [-0.2, 0) is 0 Å². The maximum Gasteiger partial charge on any atom is 0.0960 e. The van der Waals surface area contributed by atoms with Crippen LogP contribution in [-0.4, -0.2) is 23.3 Å². The fourth-order valence-corrected chi connectivity index (χ4v) is 3.58. The van der Waals surface area contributed by atoms with E-state index in [0.717, 1.165) is 18.5 Å². The quantitative estimate of drug-likeness (QED) is 0.624. The molecule has 1 saturated carbocycles. The Morgan fingerprint density at radius 3 is 2.71 bits per heavy atom. The molecule has 0 amide bonds. The number of aliphatic hydroxyl groups is 1. The second-order valence-electron chi connectivity index (χ2n) is 5.45. The minimum Gasteiger partial charge on any atom is -0.385 e. The lowest BCUT2D eigenvalue weighted by molar-refractivity contribution is -0.209. The summed E-state index contributed by atoms with van der Waals surface area (Å²) in [5.41, 5.74) is 0.210. The topological polar surface area (TPSA) is 32.3 Å². The Labute approximate surface area is 86.4 Å². The minimum atomic E-state index is -0.648. The van der Waals surface area contributed by atoms with Gasteiger partial charge in [-0.25, -0.2) is 0 Å². The highest BCUT2D eigenvalue weighted by Crippen LogP contribution is 2.59. The van der Waals surface area contributed by atoms with E-state index >= 15 is 0 Å². The van der Waals surface area contributed by atoms with Crippen molar-refractivity contribution in [3.63, 3.8) is 0 Å². The number of hydrogen-bond acceptors (Lipinski definition) is 2. The Balaban J connectivity index is 2.30. The van der Waals surface area contributed by atoms with Gasteiger partial charge in [0.2, 0.25) is 0 Å². The van der Waals surface area contributed by atoms with Crippen molar-refractivity contribution in [3.05, 3.63) is 12.2 Å².